The first-order valence-corrected chi connectivity index (χ1v) is 13.3. The zero-order valence-electron chi connectivity index (χ0n) is 22.7. The van der Waals surface area contributed by atoms with Crippen LogP contribution in [0.1, 0.15) is 78.9 Å². The third-order valence-electron chi connectivity index (χ3n) is 7.54. The van der Waals surface area contributed by atoms with Gasteiger partial charge in [0.25, 0.3) is 0 Å². The Morgan fingerprint density at radius 2 is 2.08 bits per heavy atom. The second kappa shape index (κ2) is 10.6. The molecule has 200 valence electrons. The van der Waals surface area contributed by atoms with E-state index >= 15 is 0 Å². The second-order valence-corrected chi connectivity index (χ2v) is 11.9. The maximum Gasteiger partial charge on any atom is 0.410 e. The highest BCUT2D eigenvalue weighted by Crippen LogP contribution is 2.56. The third kappa shape index (κ3) is 5.83. The minimum atomic E-state index is -0.512. The van der Waals surface area contributed by atoms with Gasteiger partial charge in [-0.05, 0) is 73.3 Å². The minimum Gasteiger partial charge on any atom is -0.487 e. The molecule has 2 fully saturated rings. The lowest BCUT2D eigenvalue weighted by Gasteiger charge is -2.54. The molecule has 0 aromatic heterocycles. The van der Waals surface area contributed by atoms with Crippen LogP contribution in [0.3, 0.4) is 0 Å². The Hall–Kier alpha value is -2.25. The van der Waals surface area contributed by atoms with E-state index in [0.717, 1.165) is 37.0 Å². The summed E-state index contributed by atoms with van der Waals surface area (Å²) in [6, 6.07) is 5.94. The Bertz CT molecular complexity index is 965. The van der Waals surface area contributed by atoms with Crippen LogP contribution in [0.25, 0.3) is 0 Å². The van der Waals surface area contributed by atoms with Gasteiger partial charge in [0.15, 0.2) is 11.5 Å². The van der Waals surface area contributed by atoms with Crippen molar-refractivity contribution in [1.82, 2.24) is 4.90 Å². The Morgan fingerprint density at radius 1 is 1.31 bits per heavy atom. The zero-order chi connectivity index (χ0) is 26.1. The number of allylic oxidation sites excluding steroid dienone is 2. The van der Waals surface area contributed by atoms with Crippen molar-refractivity contribution in [1.29, 1.82) is 0 Å². The van der Waals surface area contributed by atoms with Crippen LogP contribution < -0.4 is 9.47 Å². The lowest BCUT2D eigenvalue weighted by molar-refractivity contribution is -0.191. The lowest BCUT2D eigenvalue weighted by atomic mass is 9.68. The second-order valence-electron chi connectivity index (χ2n) is 11.9. The Morgan fingerprint density at radius 3 is 2.78 bits per heavy atom. The zero-order valence-corrected chi connectivity index (χ0v) is 22.7. The number of rotatable bonds is 6. The summed E-state index contributed by atoms with van der Waals surface area (Å²) < 4.78 is 25.2. The van der Waals surface area contributed by atoms with E-state index in [1.165, 1.54) is 5.57 Å². The average molecular weight is 502 g/mol. The number of nitrogens with zero attached hydrogens (tertiary/aromatic N) is 1. The van der Waals surface area contributed by atoms with E-state index in [2.05, 4.69) is 32.9 Å². The van der Waals surface area contributed by atoms with Gasteiger partial charge in [-0.1, -0.05) is 23.8 Å². The van der Waals surface area contributed by atoms with Crippen molar-refractivity contribution in [3.05, 3.63) is 35.4 Å². The molecule has 1 aromatic rings. The van der Waals surface area contributed by atoms with E-state index in [1.54, 1.807) is 0 Å². The molecule has 7 heteroatoms. The molecule has 0 radical (unpaired) electrons. The van der Waals surface area contributed by atoms with Gasteiger partial charge in [0.05, 0.1) is 18.8 Å². The number of hydrogen-bond donors (Lipinski definition) is 1. The highest BCUT2D eigenvalue weighted by Gasteiger charge is 2.54. The number of aliphatic hydroxyl groups excluding tert-OH is 1. The summed E-state index contributed by atoms with van der Waals surface area (Å²) in [5.74, 6) is 1.76. The van der Waals surface area contributed by atoms with Crippen molar-refractivity contribution in [3.8, 4) is 11.5 Å². The average Bonchev–Trinajstić information content (AvgIpc) is 2.80. The number of benzene rings is 1. The first-order valence-electron chi connectivity index (χ1n) is 13.3. The summed E-state index contributed by atoms with van der Waals surface area (Å²) in [6.07, 6.45) is 5.46. The molecule has 5 atom stereocenters. The van der Waals surface area contributed by atoms with E-state index in [-0.39, 0.29) is 43.4 Å². The SMILES string of the molecule is CC(C)=CCC[C@@]1(C)Oc2c(OCCO)cccc2[C@H]2O[C@H]3CCN(C(=O)OC(C)(C)C)C[C@@H]3C[C@@H]21. The molecule has 1 N–H and O–H groups in total. The molecule has 3 aliphatic heterocycles. The molecule has 3 aliphatic rings. The van der Waals surface area contributed by atoms with Crippen LogP contribution in [0.4, 0.5) is 4.79 Å². The summed E-state index contributed by atoms with van der Waals surface area (Å²) in [4.78, 5) is 14.6. The minimum absolute atomic E-state index is 0.0536. The summed E-state index contributed by atoms with van der Waals surface area (Å²) in [5, 5.41) is 9.31. The molecule has 0 bridgehead atoms. The number of ether oxygens (including phenoxy) is 4. The van der Waals surface area contributed by atoms with Crippen molar-refractivity contribution in [2.75, 3.05) is 26.3 Å². The predicted octanol–water partition coefficient (Wildman–Crippen LogP) is 5.66. The number of likely N-dealkylation sites (tertiary alicyclic amines) is 1. The van der Waals surface area contributed by atoms with Crippen molar-refractivity contribution in [3.63, 3.8) is 0 Å². The quantitative estimate of drug-likeness (QED) is 0.507. The van der Waals surface area contributed by atoms with Gasteiger partial charge in [0, 0.05) is 30.5 Å². The monoisotopic (exact) mass is 501 g/mol. The van der Waals surface area contributed by atoms with Gasteiger partial charge in [-0.15, -0.1) is 0 Å². The smallest absolute Gasteiger partial charge is 0.410 e. The largest absolute Gasteiger partial charge is 0.487 e. The number of carbonyl (C=O) groups excluding carboxylic acids is 1. The van der Waals surface area contributed by atoms with Crippen molar-refractivity contribution >= 4 is 6.09 Å². The molecular formula is C29H43NO6. The van der Waals surface area contributed by atoms with Crippen molar-refractivity contribution in [2.45, 2.75) is 90.6 Å². The molecule has 3 heterocycles. The van der Waals surface area contributed by atoms with Crippen molar-refractivity contribution in [2.24, 2.45) is 11.8 Å². The normalized spacial score (nSPS) is 29.2. The van der Waals surface area contributed by atoms with Gasteiger partial charge in [0.2, 0.25) is 0 Å². The molecule has 1 amide bonds. The molecule has 0 aliphatic carbocycles. The van der Waals surface area contributed by atoms with E-state index in [1.807, 2.05) is 37.8 Å². The van der Waals surface area contributed by atoms with Crippen LogP contribution in [0.15, 0.2) is 29.8 Å². The Labute approximate surface area is 215 Å². The predicted molar refractivity (Wildman–Crippen MR) is 138 cm³/mol. The van der Waals surface area contributed by atoms with Crippen LogP contribution in [-0.2, 0) is 9.47 Å². The number of piperidine rings is 1. The Kier molecular flexibility index (Phi) is 7.91. The Balaban J connectivity index is 1.61. The van der Waals surface area contributed by atoms with E-state index in [0.29, 0.717) is 18.8 Å². The number of carbonyl (C=O) groups is 1. The number of hydrogen-bond acceptors (Lipinski definition) is 6. The van der Waals surface area contributed by atoms with Gasteiger partial charge in [0.1, 0.15) is 17.8 Å². The molecule has 1 aromatic carbocycles. The molecule has 0 saturated carbocycles. The van der Waals surface area contributed by atoms with Gasteiger partial charge in [-0.25, -0.2) is 4.79 Å². The van der Waals surface area contributed by atoms with Gasteiger partial charge in [-0.2, -0.15) is 0 Å². The number of aliphatic hydroxyl groups is 1. The lowest BCUT2D eigenvalue weighted by Crippen LogP contribution is -2.57. The molecule has 7 nitrogen and oxygen atoms in total. The van der Waals surface area contributed by atoms with E-state index in [4.69, 9.17) is 18.9 Å². The highest BCUT2D eigenvalue weighted by molar-refractivity contribution is 5.68. The fraction of sp³-hybridized carbons (Fsp3) is 0.690. The molecule has 4 rings (SSSR count). The maximum absolute atomic E-state index is 12.8. The van der Waals surface area contributed by atoms with Crippen LogP contribution in [0.2, 0.25) is 0 Å². The molecule has 2 saturated heterocycles. The summed E-state index contributed by atoms with van der Waals surface area (Å²) in [7, 11) is 0. The highest BCUT2D eigenvalue weighted by atomic mass is 16.6. The third-order valence-corrected chi connectivity index (χ3v) is 7.54. The van der Waals surface area contributed by atoms with Crippen LogP contribution >= 0.6 is 0 Å². The first kappa shape index (κ1) is 26.8. The molecular weight excluding hydrogens is 458 g/mol. The number of para-hydroxylation sites is 1. The van der Waals surface area contributed by atoms with Gasteiger partial charge >= 0.3 is 6.09 Å². The standard InChI is InChI=1S/C29H43NO6/c1-19(2)9-8-13-29(6)22-17-20-18-30(27(32)36-28(3,4)5)14-12-23(20)34-25(22)21-10-7-11-24(26(21)35-29)33-16-15-31/h7,9-11,20,22-23,25,31H,8,12-18H2,1-6H3/t20-,22-,23-,25+,29+/m0/s1. The molecule has 0 unspecified atom stereocenters. The number of amides is 1. The maximum atomic E-state index is 12.8. The van der Waals surface area contributed by atoms with Crippen LogP contribution in [-0.4, -0.2) is 59.7 Å². The summed E-state index contributed by atoms with van der Waals surface area (Å²) in [6.45, 7) is 13.6. The fourth-order valence-electron chi connectivity index (χ4n) is 5.83. The van der Waals surface area contributed by atoms with E-state index in [9.17, 15) is 9.90 Å². The molecule has 36 heavy (non-hydrogen) atoms. The summed E-state index contributed by atoms with van der Waals surface area (Å²) in [5.41, 5.74) is 1.34. The van der Waals surface area contributed by atoms with Gasteiger partial charge < -0.3 is 29.0 Å². The van der Waals surface area contributed by atoms with Gasteiger partial charge in [-0.3, -0.25) is 0 Å². The van der Waals surface area contributed by atoms with Crippen LogP contribution in [0, 0.1) is 11.8 Å². The fourth-order valence-corrected chi connectivity index (χ4v) is 5.83. The molecule has 0 spiro atoms. The topological polar surface area (TPSA) is 77.5 Å². The van der Waals surface area contributed by atoms with E-state index < -0.39 is 11.2 Å². The van der Waals surface area contributed by atoms with Crippen LogP contribution in [0.5, 0.6) is 11.5 Å². The van der Waals surface area contributed by atoms with Crippen molar-refractivity contribution < 1.29 is 28.8 Å². The first-order chi connectivity index (χ1) is 17.0. The number of fused-ring (bicyclic) bond motifs is 4. The summed E-state index contributed by atoms with van der Waals surface area (Å²) >= 11 is 0.